The zero-order chi connectivity index (χ0) is 21.7. The van der Waals surface area contributed by atoms with Gasteiger partial charge in [0.25, 0.3) is 0 Å². The van der Waals surface area contributed by atoms with Gasteiger partial charge in [0.2, 0.25) is 5.88 Å². The number of carbonyl (C=O) groups is 1. The van der Waals surface area contributed by atoms with E-state index in [4.69, 9.17) is 21.1 Å². The SMILES string of the molecule is COc1ccc(Oc2ccc(NC(=O)Nc3ccc(Cl)c(C(F)(F)F)c3)cc2)cn1. The van der Waals surface area contributed by atoms with Crippen molar-refractivity contribution in [3.63, 3.8) is 0 Å². The summed E-state index contributed by atoms with van der Waals surface area (Å²) >= 11 is 5.56. The topological polar surface area (TPSA) is 72.5 Å². The van der Waals surface area contributed by atoms with Crippen molar-refractivity contribution in [2.45, 2.75) is 6.18 Å². The molecule has 3 aromatic rings. The number of urea groups is 1. The van der Waals surface area contributed by atoms with Crippen LogP contribution in [0.25, 0.3) is 0 Å². The molecule has 1 aromatic heterocycles. The number of halogens is 4. The second kappa shape index (κ2) is 8.91. The molecule has 1 heterocycles. The smallest absolute Gasteiger partial charge is 0.417 e. The van der Waals surface area contributed by atoms with Gasteiger partial charge in [-0.15, -0.1) is 0 Å². The average Bonchev–Trinajstić information content (AvgIpc) is 2.70. The first-order valence-corrected chi connectivity index (χ1v) is 8.85. The Labute approximate surface area is 174 Å². The van der Waals surface area contributed by atoms with Crippen molar-refractivity contribution in [1.29, 1.82) is 0 Å². The van der Waals surface area contributed by atoms with E-state index in [2.05, 4.69) is 15.6 Å². The summed E-state index contributed by atoms with van der Waals surface area (Å²) in [6, 6.07) is 12.1. The first-order chi connectivity index (χ1) is 14.2. The molecule has 0 aliphatic heterocycles. The molecular weight excluding hydrogens is 423 g/mol. The summed E-state index contributed by atoms with van der Waals surface area (Å²) in [5.41, 5.74) is -0.662. The number of hydrogen-bond donors (Lipinski definition) is 2. The molecule has 0 spiro atoms. The second-order valence-electron chi connectivity index (χ2n) is 5.93. The Kier molecular flexibility index (Phi) is 6.31. The van der Waals surface area contributed by atoms with Crippen LogP contribution in [0.15, 0.2) is 60.8 Å². The third-order valence-electron chi connectivity index (χ3n) is 3.80. The molecule has 0 fully saturated rings. The standard InChI is InChI=1S/C20H15ClF3N3O3/c1-29-18-9-7-15(11-25-18)30-14-5-2-12(3-6-14)26-19(28)27-13-4-8-17(21)16(10-13)20(22,23)24/h2-11H,1H3,(H2,26,27,28). The van der Waals surface area contributed by atoms with Crippen LogP contribution in [0.2, 0.25) is 5.02 Å². The van der Waals surface area contributed by atoms with Gasteiger partial charge in [0.1, 0.15) is 11.5 Å². The van der Waals surface area contributed by atoms with E-state index < -0.39 is 22.8 Å². The maximum absolute atomic E-state index is 12.9. The number of nitrogens with zero attached hydrogens (tertiary/aromatic N) is 1. The lowest BCUT2D eigenvalue weighted by Gasteiger charge is -2.12. The molecule has 0 saturated carbocycles. The van der Waals surface area contributed by atoms with Crippen molar-refractivity contribution >= 4 is 29.0 Å². The monoisotopic (exact) mass is 437 g/mol. The van der Waals surface area contributed by atoms with E-state index in [1.54, 1.807) is 36.4 Å². The highest BCUT2D eigenvalue weighted by molar-refractivity contribution is 6.31. The Morgan fingerprint density at radius 1 is 0.967 bits per heavy atom. The maximum Gasteiger partial charge on any atom is 0.417 e. The molecule has 2 amide bonds. The Morgan fingerprint density at radius 3 is 2.20 bits per heavy atom. The fourth-order valence-electron chi connectivity index (χ4n) is 2.40. The number of hydrogen-bond acceptors (Lipinski definition) is 4. The number of ether oxygens (including phenoxy) is 2. The zero-order valence-corrected chi connectivity index (χ0v) is 16.2. The van der Waals surface area contributed by atoms with Crippen LogP contribution < -0.4 is 20.1 Å². The number of pyridine rings is 1. The summed E-state index contributed by atoms with van der Waals surface area (Å²) < 4.78 is 49.3. The van der Waals surface area contributed by atoms with Crippen molar-refractivity contribution < 1.29 is 27.4 Å². The van der Waals surface area contributed by atoms with Gasteiger partial charge in [0, 0.05) is 17.4 Å². The van der Waals surface area contributed by atoms with Gasteiger partial charge in [-0.2, -0.15) is 13.2 Å². The number of alkyl halides is 3. The largest absolute Gasteiger partial charge is 0.481 e. The summed E-state index contributed by atoms with van der Waals surface area (Å²) in [5.74, 6) is 1.45. The lowest BCUT2D eigenvalue weighted by molar-refractivity contribution is -0.137. The molecule has 0 aliphatic carbocycles. The van der Waals surface area contributed by atoms with E-state index in [0.717, 1.165) is 12.1 Å². The highest BCUT2D eigenvalue weighted by Gasteiger charge is 2.33. The van der Waals surface area contributed by atoms with Gasteiger partial charge in [-0.05, 0) is 48.5 Å². The summed E-state index contributed by atoms with van der Waals surface area (Å²) in [4.78, 5) is 16.1. The third-order valence-corrected chi connectivity index (χ3v) is 4.13. The van der Waals surface area contributed by atoms with Gasteiger partial charge in [0.05, 0.1) is 23.9 Å². The second-order valence-corrected chi connectivity index (χ2v) is 6.34. The van der Waals surface area contributed by atoms with Crippen LogP contribution in [-0.2, 0) is 6.18 Å². The van der Waals surface area contributed by atoms with E-state index in [9.17, 15) is 18.0 Å². The van der Waals surface area contributed by atoms with Crippen LogP contribution in [0.3, 0.4) is 0 Å². The van der Waals surface area contributed by atoms with Crippen molar-refractivity contribution in [2.24, 2.45) is 0 Å². The fourth-order valence-corrected chi connectivity index (χ4v) is 2.63. The predicted molar refractivity (Wildman–Crippen MR) is 106 cm³/mol. The minimum absolute atomic E-state index is 0.0452. The first kappa shape index (κ1) is 21.3. The van der Waals surface area contributed by atoms with Gasteiger partial charge in [-0.1, -0.05) is 11.6 Å². The van der Waals surface area contributed by atoms with Crippen molar-refractivity contribution in [2.75, 3.05) is 17.7 Å². The molecule has 30 heavy (non-hydrogen) atoms. The fraction of sp³-hybridized carbons (Fsp3) is 0.100. The molecule has 3 rings (SSSR count). The van der Waals surface area contributed by atoms with Gasteiger partial charge >= 0.3 is 12.2 Å². The summed E-state index contributed by atoms with van der Waals surface area (Å²) in [6.45, 7) is 0. The lowest BCUT2D eigenvalue weighted by Crippen LogP contribution is -2.19. The average molecular weight is 438 g/mol. The molecule has 0 unspecified atom stereocenters. The molecule has 0 atom stereocenters. The van der Waals surface area contributed by atoms with E-state index in [-0.39, 0.29) is 5.69 Å². The number of methoxy groups -OCH3 is 1. The molecular formula is C20H15ClF3N3O3. The molecule has 0 bridgehead atoms. The number of benzene rings is 2. The van der Waals surface area contributed by atoms with E-state index in [1.807, 2.05) is 0 Å². The number of carbonyl (C=O) groups excluding carboxylic acids is 1. The molecule has 6 nitrogen and oxygen atoms in total. The van der Waals surface area contributed by atoms with Gasteiger partial charge < -0.3 is 20.1 Å². The Morgan fingerprint density at radius 2 is 1.60 bits per heavy atom. The summed E-state index contributed by atoms with van der Waals surface area (Å²) in [6.07, 6.45) is -3.12. The highest BCUT2D eigenvalue weighted by Crippen LogP contribution is 2.36. The quantitative estimate of drug-likeness (QED) is 0.498. The number of amides is 2. The Balaban J connectivity index is 1.60. The van der Waals surface area contributed by atoms with Crippen molar-refractivity contribution in [3.05, 3.63) is 71.4 Å². The van der Waals surface area contributed by atoms with Crippen molar-refractivity contribution in [3.8, 4) is 17.4 Å². The maximum atomic E-state index is 12.9. The molecule has 0 saturated heterocycles. The number of aromatic nitrogens is 1. The van der Waals surface area contributed by atoms with E-state index in [0.29, 0.717) is 23.1 Å². The Bertz CT molecular complexity index is 1030. The minimum atomic E-state index is -4.62. The van der Waals surface area contributed by atoms with Crippen LogP contribution >= 0.6 is 11.6 Å². The molecule has 0 aliphatic rings. The van der Waals surface area contributed by atoms with Crippen LogP contribution in [0.1, 0.15) is 5.56 Å². The summed E-state index contributed by atoms with van der Waals surface area (Å²) in [5, 5.41) is 4.41. The molecule has 2 N–H and O–H groups in total. The zero-order valence-electron chi connectivity index (χ0n) is 15.5. The normalized spacial score (nSPS) is 11.0. The lowest BCUT2D eigenvalue weighted by atomic mass is 10.2. The van der Waals surface area contributed by atoms with Gasteiger partial charge in [-0.25, -0.2) is 9.78 Å². The number of nitrogens with one attached hydrogen (secondary N) is 2. The van der Waals surface area contributed by atoms with E-state index >= 15 is 0 Å². The van der Waals surface area contributed by atoms with Crippen LogP contribution in [0.4, 0.5) is 29.3 Å². The molecule has 156 valence electrons. The van der Waals surface area contributed by atoms with Gasteiger partial charge in [0.15, 0.2) is 0 Å². The van der Waals surface area contributed by atoms with Gasteiger partial charge in [-0.3, -0.25) is 0 Å². The van der Waals surface area contributed by atoms with E-state index in [1.165, 1.54) is 19.4 Å². The Hall–Kier alpha value is -3.46. The molecule has 10 heteroatoms. The van der Waals surface area contributed by atoms with Crippen molar-refractivity contribution in [1.82, 2.24) is 4.98 Å². The van der Waals surface area contributed by atoms with Crippen LogP contribution in [-0.4, -0.2) is 18.1 Å². The third kappa shape index (κ3) is 5.54. The summed E-state index contributed by atoms with van der Waals surface area (Å²) in [7, 11) is 1.51. The highest BCUT2D eigenvalue weighted by atomic mass is 35.5. The number of anilines is 2. The van der Waals surface area contributed by atoms with Crippen LogP contribution in [0, 0.1) is 0 Å². The number of rotatable bonds is 5. The first-order valence-electron chi connectivity index (χ1n) is 8.47. The predicted octanol–water partition coefficient (Wildman–Crippen LogP) is 6.20. The molecule has 0 radical (unpaired) electrons. The van der Waals surface area contributed by atoms with Crippen LogP contribution in [0.5, 0.6) is 17.4 Å². The minimum Gasteiger partial charge on any atom is -0.481 e. The molecule has 2 aromatic carbocycles.